The van der Waals surface area contributed by atoms with Crippen LogP contribution < -0.4 is 5.32 Å². The zero-order valence-corrected chi connectivity index (χ0v) is 16.5. The number of hydrogen-bond donors (Lipinski definition) is 1. The predicted octanol–water partition coefficient (Wildman–Crippen LogP) is 4.58. The highest BCUT2D eigenvalue weighted by Gasteiger charge is 2.37. The molecule has 2 atom stereocenters. The maximum Gasteiger partial charge on any atom is 0.407 e. The summed E-state index contributed by atoms with van der Waals surface area (Å²) in [6.45, 7) is 2.98. The normalized spacial score (nSPS) is 27.0. The number of hydrogen-bond acceptors (Lipinski definition) is 3. The number of nitrogens with one attached hydrogen (secondary N) is 1. The lowest BCUT2D eigenvalue weighted by Crippen LogP contribution is -2.52. The number of alkyl carbamates (subject to hydrolysis) is 1. The van der Waals surface area contributed by atoms with E-state index in [9.17, 15) is 18.0 Å². The maximum atomic E-state index is 14.1. The van der Waals surface area contributed by atoms with Gasteiger partial charge in [0.25, 0.3) is 0 Å². The van der Waals surface area contributed by atoms with Crippen molar-refractivity contribution in [3.05, 3.63) is 58.9 Å². The van der Waals surface area contributed by atoms with Gasteiger partial charge in [-0.15, -0.1) is 0 Å². The Balaban J connectivity index is 1.28. The Hall–Kier alpha value is -2.54. The van der Waals surface area contributed by atoms with Gasteiger partial charge in [0.05, 0.1) is 6.04 Å². The third kappa shape index (κ3) is 3.55. The van der Waals surface area contributed by atoms with Crippen LogP contribution in [0.25, 0.3) is 11.1 Å². The van der Waals surface area contributed by atoms with E-state index in [1.165, 1.54) is 0 Å². The highest BCUT2D eigenvalue weighted by Crippen LogP contribution is 2.36. The Labute approximate surface area is 173 Å². The van der Waals surface area contributed by atoms with E-state index < -0.39 is 23.5 Å². The van der Waals surface area contributed by atoms with Gasteiger partial charge < -0.3 is 10.1 Å². The average Bonchev–Trinajstić information content (AvgIpc) is 3.13. The summed E-state index contributed by atoms with van der Waals surface area (Å²) in [5.41, 5.74) is 2.42. The van der Waals surface area contributed by atoms with Gasteiger partial charge in [0, 0.05) is 18.2 Å². The monoisotopic (exact) mass is 416 g/mol. The van der Waals surface area contributed by atoms with Gasteiger partial charge in [-0.1, -0.05) is 18.2 Å². The van der Waals surface area contributed by atoms with E-state index in [1.54, 1.807) is 12.1 Å². The van der Waals surface area contributed by atoms with Crippen LogP contribution in [0.2, 0.25) is 0 Å². The van der Waals surface area contributed by atoms with Crippen LogP contribution in [0.3, 0.4) is 0 Å². The molecule has 4 nitrogen and oxygen atoms in total. The third-order valence-electron chi connectivity index (χ3n) is 6.69. The molecule has 0 aromatic heterocycles. The lowest BCUT2D eigenvalue weighted by atomic mass is 9.86. The Morgan fingerprint density at radius 3 is 2.50 bits per heavy atom. The topological polar surface area (TPSA) is 41.6 Å². The van der Waals surface area contributed by atoms with Gasteiger partial charge in [-0.2, -0.15) is 0 Å². The van der Waals surface area contributed by atoms with Gasteiger partial charge in [-0.25, -0.2) is 18.0 Å². The van der Waals surface area contributed by atoms with Gasteiger partial charge >= 0.3 is 6.09 Å². The molecule has 1 N–H and O–H groups in total. The number of rotatable bonds is 3. The number of carbonyl (C=O) groups excluding carboxylic acids is 1. The van der Waals surface area contributed by atoms with Crippen molar-refractivity contribution in [1.29, 1.82) is 0 Å². The molecular weight excluding hydrogens is 393 g/mol. The summed E-state index contributed by atoms with van der Waals surface area (Å²) in [6, 6.07) is 6.54. The van der Waals surface area contributed by atoms with Crippen molar-refractivity contribution < 1.29 is 22.7 Å². The molecule has 3 fully saturated rings. The largest absolute Gasteiger partial charge is 0.445 e. The van der Waals surface area contributed by atoms with Gasteiger partial charge in [0.2, 0.25) is 0 Å². The molecule has 1 amide bonds. The maximum absolute atomic E-state index is 14.1. The van der Waals surface area contributed by atoms with E-state index in [0.29, 0.717) is 30.4 Å². The summed E-state index contributed by atoms with van der Waals surface area (Å²) in [5.74, 6) is -2.64. The first-order valence-electron chi connectivity index (χ1n) is 10.4. The van der Waals surface area contributed by atoms with E-state index in [2.05, 4.69) is 10.2 Å². The molecule has 1 aliphatic carbocycles. The highest BCUT2D eigenvalue weighted by molar-refractivity contribution is 5.70. The second-order valence-electron chi connectivity index (χ2n) is 8.48. The molecule has 0 saturated carbocycles. The van der Waals surface area contributed by atoms with Gasteiger partial charge in [0.15, 0.2) is 11.6 Å². The molecule has 3 heterocycles. The molecule has 0 radical (unpaired) electrons. The minimum absolute atomic E-state index is 0.0230. The molecule has 3 saturated heterocycles. The highest BCUT2D eigenvalue weighted by atomic mass is 19.2. The van der Waals surface area contributed by atoms with Crippen LogP contribution in [-0.2, 0) is 11.2 Å². The number of carbonyl (C=O) groups is 1. The minimum Gasteiger partial charge on any atom is -0.445 e. The number of aryl methyl sites for hydroxylation is 1. The number of piperidine rings is 3. The fraction of sp³-hybridized carbons (Fsp3) is 0.435. The number of fused-ring (bicyclic) bond motifs is 4. The van der Waals surface area contributed by atoms with Crippen LogP contribution in [0.15, 0.2) is 30.3 Å². The first kappa shape index (κ1) is 19.4. The summed E-state index contributed by atoms with van der Waals surface area (Å²) in [5, 5.41) is 2.97. The molecule has 0 spiro atoms. The summed E-state index contributed by atoms with van der Waals surface area (Å²) >= 11 is 0. The molecular formula is C23H23F3N2O2. The van der Waals surface area contributed by atoms with E-state index in [0.717, 1.165) is 49.7 Å². The predicted molar refractivity (Wildman–Crippen MR) is 105 cm³/mol. The van der Waals surface area contributed by atoms with E-state index in [4.69, 9.17) is 4.74 Å². The first-order valence-corrected chi connectivity index (χ1v) is 10.4. The molecule has 3 aliphatic heterocycles. The standard InChI is InChI=1S/C23H23F3N2O2/c24-18-11-20(26)19(25)10-17(18)15-1-3-16-14(9-15)2-4-21(16)27-23(29)30-22-12-28-7-5-13(22)6-8-28/h1,3,9-11,13,21-22H,2,4-8,12H2,(H,27,29)/t21?,22-/m1/s1. The lowest BCUT2D eigenvalue weighted by Gasteiger charge is -2.43. The van der Waals surface area contributed by atoms with Crippen LogP contribution in [-0.4, -0.2) is 36.7 Å². The third-order valence-corrected chi connectivity index (χ3v) is 6.69. The SMILES string of the molecule is O=C(NC1CCc2cc(-c3cc(F)c(F)cc3F)ccc21)O[C@@H]1CN2CCC1CC2. The summed E-state index contributed by atoms with van der Waals surface area (Å²) in [7, 11) is 0. The summed E-state index contributed by atoms with van der Waals surface area (Å²) in [6.07, 6.45) is 3.13. The lowest BCUT2D eigenvalue weighted by molar-refractivity contribution is -0.0339. The fourth-order valence-electron chi connectivity index (χ4n) is 5.04. The first-order chi connectivity index (χ1) is 14.5. The Morgan fingerprint density at radius 2 is 1.77 bits per heavy atom. The molecule has 4 aliphatic rings. The minimum atomic E-state index is -1.21. The molecule has 30 heavy (non-hydrogen) atoms. The van der Waals surface area contributed by atoms with Crippen molar-refractivity contribution >= 4 is 6.09 Å². The summed E-state index contributed by atoms with van der Waals surface area (Å²) in [4.78, 5) is 14.8. The van der Waals surface area contributed by atoms with Crippen LogP contribution >= 0.6 is 0 Å². The molecule has 2 aromatic rings. The molecule has 158 valence electrons. The zero-order valence-electron chi connectivity index (χ0n) is 16.5. The van der Waals surface area contributed by atoms with E-state index >= 15 is 0 Å². The summed E-state index contributed by atoms with van der Waals surface area (Å²) < 4.78 is 46.6. The van der Waals surface area contributed by atoms with Crippen molar-refractivity contribution in [3.8, 4) is 11.1 Å². The second-order valence-corrected chi connectivity index (χ2v) is 8.48. The van der Waals surface area contributed by atoms with E-state index in [-0.39, 0.29) is 17.7 Å². The smallest absolute Gasteiger partial charge is 0.407 e. The Bertz CT molecular complexity index is 989. The molecule has 2 bridgehead atoms. The quantitative estimate of drug-likeness (QED) is 0.745. The number of ether oxygens (including phenoxy) is 1. The zero-order chi connectivity index (χ0) is 20.8. The van der Waals surface area contributed by atoms with Crippen molar-refractivity contribution in [1.82, 2.24) is 10.2 Å². The number of halogens is 3. The van der Waals surface area contributed by atoms with Gasteiger partial charge in [-0.3, -0.25) is 4.90 Å². The number of nitrogens with zero attached hydrogens (tertiary/aromatic N) is 1. The molecule has 1 unspecified atom stereocenters. The van der Waals surface area contributed by atoms with Crippen molar-refractivity contribution in [3.63, 3.8) is 0 Å². The van der Waals surface area contributed by atoms with Crippen molar-refractivity contribution in [2.24, 2.45) is 5.92 Å². The Kier molecular flexibility index (Phi) is 4.93. The van der Waals surface area contributed by atoms with Crippen LogP contribution in [0.1, 0.15) is 36.4 Å². The van der Waals surface area contributed by atoms with Crippen molar-refractivity contribution in [2.45, 2.75) is 37.8 Å². The van der Waals surface area contributed by atoms with Crippen molar-refractivity contribution in [2.75, 3.05) is 19.6 Å². The number of amides is 1. The van der Waals surface area contributed by atoms with Gasteiger partial charge in [-0.05, 0) is 67.4 Å². The Morgan fingerprint density at radius 1 is 1.00 bits per heavy atom. The molecule has 6 rings (SSSR count). The average molecular weight is 416 g/mol. The van der Waals surface area contributed by atoms with Crippen LogP contribution in [0.4, 0.5) is 18.0 Å². The second kappa shape index (κ2) is 7.61. The van der Waals surface area contributed by atoms with E-state index in [1.807, 2.05) is 6.07 Å². The van der Waals surface area contributed by atoms with Gasteiger partial charge in [0.1, 0.15) is 11.9 Å². The van der Waals surface area contributed by atoms with Crippen LogP contribution in [0, 0.1) is 23.4 Å². The molecule has 2 aromatic carbocycles. The fourth-order valence-corrected chi connectivity index (χ4v) is 5.04. The number of benzene rings is 2. The molecule has 7 heteroatoms. The van der Waals surface area contributed by atoms with Crippen LogP contribution in [0.5, 0.6) is 0 Å².